The Morgan fingerprint density at radius 3 is 2.46 bits per heavy atom. The average molecular weight is 509 g/mol. The Morgan fingerprint density at radius 1 is 1.03 bits per heavy atom. The van der Waals surface area contributed by atoms with Gasteiger partial charge in [0.1, 0.15) is 12.4 Å². The molecular formula is C27H25FN2O3S2. The zero-order chi connectivity index (χ0) is 24.9. The summed E-state index contributed by atoms with van der Waals surface area (Å²) in [6.07, 6.45) is 1.79. The summed E-state index contributed by atoms with van der Waals surface area (Å²) >= 11 is 6.76. The Kier molecular flexibility index (Phi) is 7.73. The maximum Gasteiger partial charge on any atom is 0.270 e. The van der Waals surface area contributed by atoms with Crippen LogP contribution in [0.4, 0.5) is 15.8 Å². The molecule has 1 aliphatic heterocycles. The van der Waals surface area contributed by atoms with Crippen LogP contribution in [0, 0.1) is 5.82 Å². The molecule has 0 spiro atoms. The number of benzene rings is 3. The standard InChI is InChI=1S/C27H25FN2O3S2/c1-4-32-24-15-18(9-14-23(24)33-17-19-7-5-6-8-22(19)28)16-25-26(31)30(27(34)35-25)21-12-10-20(11-13-21)29(2)3/h5-16H,4,17H2,1-3H3/b25-16+. The number of carbonyl (C=O) groups is 1. The molecular weight excluding hydrogens is 483 g/mol. The van der Waals surface area contributed by atoms with Crippen LogP contribution in [-0.2, 0) is 11.4 Å². The Hall–Kier alpha value is -3.36. The van der Waals surface area contributed by atoms with Crippen molar-refractivity contribution in [1.82, 2.24) is 0 Å². The molecule has 1 fully saturated rings. The van der Waals surface area contributed by atoms with E-state index in [0.717, 1.165) is 16.9 Å². The lowest BCUT2D eigenvalue weighted by Crippen LogP contribution is -2.27. The van der Waals surface area contributed by atoms with E-state index in [1.807, 2.05) is 56.3 Å². The van der Waals surface area contributed by atoms with Gasteiger partial charge in [-0.1, -0.05) is 48.2 Å². The third-order valence-corrected chi connectivity index (χ3v) is 6.63. The van der Waals surface area contributed by atoms with Crippen molar-refractivity contribution >= 4 is 51.7 Å². The highest BCUT2D eigenvalue weighted by atomic mass is 32.2. The lowest BCUT2D eigenvalue weighted by atomic mass is 10.1. The minimum Gasteiger partial charge on any atom is -0.490 e. The first kappa shape index (κ1) is 24.8. The van der Waals surface area contributed by atoms with Crippen molar-refractivity contribution in [2.24, 2.45) is 0 Å². The number of halogens is 1. The number of hydrogen-bond acceptors (Lipinski definition) is 6. The van der Waals surface area contributed by atoms with Crippen molar-refractivity contribution in [2.45, 2.75) is 13.5 Å². The molecule has 35 heavy (non-hydrogen) atoms. The summed E-state index contributed by atoms with van der Waals surface area (Å²) in [6, 6.07) is 19.6. The predicted molar refractivity (Wildman–Crippen MR) is 145 cm³/mol. The van der Waals surface area contributed by atoms with Gasteiger partial charge in [-0.2, -0.15) is 0 Å². The van der Waals surface area contributed by atoms with E-state index < -0.39 is 0 Å². The Morgan fingerprint density at radius 2 is 1.77 bits per heavy atom. The van der Waals surface area contributed by atoms with Crippen LogP contribution >= 0.6 is 24.0 Å². The van der Waals surface area contributed by atoms with E-state index in [0.29, 0.717) is 32.9 Å². The lowest BCUT2D eigenvalue weighted by molar-refractivity contribution is -0.113. The summed E-state index contributed by atoms with van der Waals surface area (Å²) in [5.41, 5.74) is 3.00. The molecule has 1 heterocycles. The fourth-order valence-corrected chi connectivity index (χ4v) is 4.81. The van der Waals surface area contributed by atoms with E-state index in [9.17, 15) is 9.18 Å². The first-order valence-electron chi connectivity index (χ1n) is 11.1. The number of hydrogen-bond donors (Lipinski definition) is 0. The molecule has 1 saturated heterocycles. The first-order valence-corrected chi connectivity index (χ1v) is 12.3. The van der Waals surface area contributed by atoms with E-state index in [1.165, 1.54) is 17.8 Å². The fourth-order valence-electron chi connectivity index (χ4n) is 3.51. The molecule has 3 aromatic carbocycles. The van der Waals surface area contributed by atoms with Gasteiger partial charge in [-0.3, -0.25) is 9.69 Å². The molecule has 0 aromatic heterocycles. The van der Waals surface area contributed by atoms with E-state index in [-0.39, 0.29) is 18.3 Å². The molecule has 0 aliphatic carbocycles. The molecule has 0 atom stereocenters. The number of nitrogens with zero attached hydrogens (tertiary/aromatic N) is 2. The maximum absolute atomic E-state index is 13.9. The quantitative estimate of drug-likeness (QED) is 0.264. The third-order valence-electron chi connectivity index (χ3n) is 5.32. The summed E-state index contributed by atoms with van der Waals surface area (Å²) in [5, 5.41) is 0. The van der Waals surface area contributed by atoms with Gasteiger partial charge in [0.25, 0.3) is 5.91 Å². The lowest BCUT2D eigenvalue weighted by Gasteiger charge is -2.17. The van der Waals surface area contributed by atoms with Crippen molar-refractivity contribution < 1.29 is 18.7 Å². The summed E-state index contributed by atoms with van der Waals surface area (Å²) in [5.74, 6) is 0.532. The van der Waals surface area contributed by atoms with Crippen LogP contribution in [0.1, 0.15) is 18.1 Å². The predicted octanol–water partition coefficient (Wildman–Crippen LogP) is 6.28. The Bertz CT molecular complexity index is 1280. The number of carbonyl (C=O) groups excluding carboxylic acids is 1. The molecule has 0 bridgehead atoms. The molecule has 4 rings (SSSR count). The topological polar surface area (TPSA) is 42.0 Å². The van der Waals surface area contributed by atoms with Gasteiger partial charge >= 0.3 is 0 Å². The van der Waals surface area contributed by atoms with Crippen LogP contribution in [0.2, 0.25) is 0 Å². The third kappa shape index (κ3) is 5.66. The summed E-state index contributed by atoms with van der Waals surface area (Å²) in [4.78, 5) is 17.2. The number of thioether (sulfide) groups is 1. The van der Waals surface area contributed by atoms with Crippen molar-refractivity contribution in [3.63, 3.8) is 0 Å². The smallest absolute Gasteiger partial charge is 0.270 e. The van der Waals surface area contributed by atoms with Gasteiger partial charge in [-0.15, -0.1) is 0 Å². The Balaban J connectivity index is 1.54. The monoisotopic (exact) mass is 508 g/mol. The number of anilines is 2. The number of ether oxygens (including phenoxy) is 2. The van der Waals surface area contributed by atoms with Crippen molar-refractivity contribution in [1.29, 1.82) is 0 Å². The van der Waals surface area contributed by atoms with E-state index in [1.54, 1.807) is 41.3 Å². The second-order valence-corrected chi connectivity index (χ2v) is 9.62. The van der Waals surface area contributed by atoms with Crippen molar-refractivity contribution in [3.8, 4) is 11.5 Å². The van der Waals surface area contributed by atoms with Crippen LogP contribution in [0.25, 0.3) is 6.08 Å². The highest BCUT2D eigenvalue weighted by Gasteiger charge is 2.33. The number of rotatable bonds is 8. The normalized spacial score (nSPS) is 14.5. The van der Waals surface area contributed by atoms with E-state index in [2.05, 4.69) is 0 Å². The Labute approximate surface area is 214 Å². The molecule has 1 aliphatic rings. The highest BCUT2D eigenvalue weighted by Crippen LogP contribution is 2.38. The molecule has 0 N–H and O–H groups in total. The zero-order valence-corrected chi connectivity index (χ0v) is 21.3. The van der Waals surface area contributed by atoms with Gasteiger partial charge in [0.15, 0.2) is 15.8 Å². The van der Waals surface area contributed by atoms with Gasteiger partial charge in [0.05, 0.1) is 17.2 Å². The second kappa shape index (κ2) is 10.9. The molecule has 1 amide bonds. The minimum atomic E-state index is -0.319. The maximum atomic E-state index is 13.9. The molecule has 8 heteroatoms. The van der Waals surface area contributed by atoms with Crippen LogP contribution in [0.3, 0.4) is 0 Å². The van der Waals surface area contributed by atoms with Gasteiger partial charge in [0.2, 0.25) is 0 Å². The molecule has 5 nitrogen and oxygen atoms in total. The molecule has 3 aromatic rings. The van der Waals surface area contributed by atoms with Crippen LogP contribution in [-0.4, -0.2) is 30.9 Å². The van der Waals surface area contributed by atoms with Gasteiger partial charge in [-0.25, -0.2) is 4.39 Å². The SMILES string of the molecule is CCOc1cc(/C=C2/SC(=S)N(c3ccc(N(C)C)cc3)C2=O)ccc1OCc1ccccc1F. The fraction of sp³-hybridized carbons (Fsp3) is 0.185. The highest BCUT2D eigenvalue weighted by molar-refractivity contribution is 8.27. The van der Waals surface area contributed by atoms with Gasteiger partial charge < -0.3 is 14.4 Å². The molecule has 0 saturated carbocycles. The minimum absolute atomic E-state index is 0.0807. The van der Waals surface area contributed by atoms with Crippen LogP contribution in [0.5, 0.6) is 11.5 Å². The summed E-state index contributed by atoms with van der Waals surface area (Å²) in [6.45, 7) is 2.39. The molecule has 180 valence electrons. The number of thiocarbonyl (C=S) groups is 1. The van der Waals surface area contributed by atoms with Crippen LogP contribution < -0.4 is 19.3 Å². The largest absolute Gasteiger partial charge is 0.490 e. The van der Waals surface area contributed by atoms with Crippen molar-refractivity contribution in [2.75, 3.05) is 30.5 Å². The summed E-state index contributed by atoms with van der Waals surface area (Å²) in [7, 11) is 3.92. The summed E-state index contributed by atoms with van der Waals surface area (Å²) < 4.78 is 26.0. The van der Waals surface area contributed by atoms with E-state index >= 15 is 0 Å². The molecule has 0 unspecified atom stereocenters. The average Bonchev–Trinajstić information content (AvgIpc) is 3.12. The molecule has 0 radical (unpaired) electrons. The first-order chi connectivity index (χ1) is 16.9. The number of amides is 1. The second-order valence-electron chi connectivity index (χ2n) is 7.95. The van der Waals surface area contributed by atoms with Gasteiger partial charge in [0, 0.05) is 25.3 Å². The van der Waals surface area contributed by atoms with Gasteiger partial charge in [-0.05, 0) is 61.0 Å². The van der Waals surface area contributed by atoms with Crippen molar-refractivity contribution in [3.05, 3.63) is 88.6 Å². The van der Waals surface area contributed by atoms with E-state index in [4.69, 9.17) is 21.7 Å². The zero-order valence-electron chi connectivity index (χ0n) is 19.7. The van der Waals surface area contributed by atoms with Crippen LogP contribution in [0.15, 0.2) is 71.6 Å².